The molecule has 5 heteroatoms. The van der Waals surface area contributed by atoms with Crippen LogP contribution >= 0.6 is 15.9 Å². The Bertz CT molecular complexity index is 428. The highest BCUT2D eigenvalue weighted by Crippen LogP contribution is 2.19. The lowest BCUT2D eigenvalue weighted by Crippen LogP contribution is -2.14. The molecule has 0 bridgehead atoms. The first-order chi connectivity index (χ1) is 6.88. The fraction of sp³-hybridized carbons (Fsp3) is 0.400. The van der Waals surface area contributed by atoms with Crippen molar-refractivity contribution in [1.82, 2.24) is 0 Å². The number of halogens is 1. The van der Waals surface area contributed by atoms with Crippen LogP contribution in [0.3, 0.4) is 0 Å². The number of rotatable bonds is 4. The molecule has 1 unspecified atom stereocenters. The van der Waals surface area contributed by atoms with E-state index in [9.17, 15) is 8.42 Å². The van der Waals surface area contributed by atoms with Gasteiger partial charge in [0.1, 0.15) is 0 Å². The molecule has 15 heavy (non-hydrogen) atoms. The molecule has 0 saturated heterocycles. The van der Waals surface area contributed by atoms with E-state index in [4.69, 9.17) is 4.55 Å². The first kappa shape index (κ1) is 12.7. The van der Waals surface area contributed by atoms with Gasteiger partial charge in [0.25, 0.3) is 10.1 Å². The lowest BCUT2D eigenvalue weighted by molar-refractivity contribution is 0.468. The van der Waals surface area contributed by atoms with Crippen molar-refractivity contribution in [3.8, 4) is 0 Å². The second-order valence-electron chi connectivity index (χ2n) is 3.65. The molecule has 1 aromatic rings. The van der Waals surface area contributed by atoms with Gasteiger partial charge in [0, 0.05) is 4.47 Å². The lowest BCUT2D eigenvalue weighted by Gasteiger charge is -2.10. The van der Waals surface area contributed by atoms with Gasteiger partial charge in [0.2, 0.25) is 0 Å². The lowest BCUT2D eigenvalue weighted by atomic mass is 10.0. The Labute approximate surface area is 98.4 Å². The Morgan fingerprint density at radius 1 is 1.40 bits per heavy atom. The highest BCUT2D eigenvalue weighted by molar-refractivity contribution is 9.10. The number of hydrogen-bond acceptors (Lipinski definition) is 2. The van der Waals surface area contributed by atoms with Gasteiger partial charge in [-0.05, 0) is 24.0 Å². The third-order valence-corrected chi connectivity index (χ3v) is 3.79. The van der Waals surface area contributed by atoms with Gasteiger partial charge in [-0.3, -0.25) is 4.55 Å². The van der Waals surface area contributed by atoms with E-state index in [0.717, 1.165) is 10.0 Å². The average molecular weight is 293 g/mol. The van der Waals surface area contributed by atoms with Crippen LogP contribution in [-0.2, 0) is 16.5 Å². The molecule has 1 N–H and O–H groups in total. The summed E-state index contributed by atoms with van der Waals surface area (Å²) in [6.07, 6.45) is 0.626. The minimum atomic E-state index is -3.87. The van der Waals surface area contributed by atoms with Gasteiger partial charge in [-0.1, -0.05) is 41.1 Å². The van der Waals surface area contributed by atoms with E-state index in [2.05, 4.69) is 15.9 Å². The predicted octanol–water partition coefficient (Wildman–Crippen LogP) is 2.52. The SMILES string of the molecule is CC(Cc1ccccc1Br)CS(=O)(=O)O. The Hall–Kier alpha value is -0.390. The zero-order valence-electron chi connectivity index (χ0n) is 8.35. The van der Waals surface area contributed by atoms with Crippen LogP contribution in [0.2, 0.25) is 0 Å². The third-order valence-electron chi connectivity index (χ3n) is 2.02. The van der Waals surface area contributed by atoms with Crippen molar-refractivity contribution in [3.63, 3.8) is 0 Å². The summed E-state index contributed by atoms with van der Waals surface area (Å²) < 4.78 is 31.0. The molecular formula is C10H13BrO3S. The van der Waals surface area contributed by atoms with Crippen molar-refractivity contribution in [2.45, 2.75) is 13.3 Å². The summed E-state index contributed by atoms with van der Waals surface area (Å²) in [6, 6.07) is 7.65. The topological polar surface area (TPSA) is 54.4 Å². The van der Waals surface area contributed by atoms with E-state index >= 15 is 0 Å². The first-order valence-corrected chi connectivity index (χ1v) is 6.97. The molecule has 0 amide bonds. The van der Waals surface area contributed by atoms with Gasteiger partial charge < -0.3 is 0 Å². The summed E-state index contributed by atoms with van der Waals surface area (Å²) in [7, 11) is -3.87. The minimum absolute atomic E-state index is 0.0984. The van der Waals surface area contributed by atoms with E-state index in [1.165, 1.54) is 0 Å². The van der Waals surface area contributed by atoms with Gasteiger partial charge in [0.05, 0.1) is 5.75 Å². The minimum Gasteiger partial charge on any atom is -0.286 e. The average Bonchev–Trinajstić information content (AvgIpc) is 2.05. The summed E-state index contributed by atoms with van der Waals surface area (Å²) in [4.78, 5) is 0. The zero-order valence-corrected chi connectivity index (χ0v) is 10.8. The molecule has 0 radical (unpaired) electrons. The quantitative estimate of drug-likeness (QED) is 0.868. The first-order valence-electron chi connectivity index (χ1n) is 4.57. The summed E-state index contributed by atoms with van der Waals surface area (Å²) in [5.74, 6) is -0.298. The monoisotopic (exact) mass is 292 g/mol. The molecule has 0 aliphatic rings. The molecule has 1 atom stereocenters. The standard InChI is InChI=1S/C10H13BrO3S/c1-8(7-15(12,13)14)6-9-4-2-3-5-10(9)11/h2-5,8H,6-7H2,1H3,(H,12,13,14). The molecule has 84 valence electrons. The van der Waals surface area contributed by atoms with Gasteiger partial charge in [-0.25, -0.2) is 0 Å². The number of benzene rings is 1. The second-order valence-corrected chi connectivity index (χ2v) is 6.00. The van der Waals surface area contributed by atoms with E-state index in [1.54, 1.807) is 6.92 Å². The molecule has 0 spiro atoms. The van der Waals surface area contributed by atoms with Crippen LogP contribution in [-0.4, -0.2) is 18.7 Å². The third kappa shape index (κ3) is 4.77. The zero-order chi connectivity index (χ0) is 11.5. The highest BCUT2D eigenvalue weighted by Gasteiger charge is 2.13. The van der Waals surface area contributed by atoms with Crippen molar-refractivity contribution in [3.05, 3.63) is 34.3 Å². The summed E-state index contributed by atoms with van der Waals surface area (Å²) in [5.41, 5.74) is 1.05. The Morgan fingerprint density at radius 3 is 2.53 bits per heavy atom. The van der Waals surface area contributed by atoms with Crippen LogP contribution in [0.1, 0.15) is 12.5 Å². The van der Waals surface area contributed by atoms with Crippen molar-refractivity contribution in [2.75, 3.05) is 5.75 Å². The maximum absolute atomic E-state index is 10.7. The van der Waals surface area contributed by atoms with Crippen molar-refractivity contribution in [2.24, 2.45) is 5.92 Å². The Morgan fingerprint density at radius 2 is 2.00 bits per heavy atom. The maximum atomic E-state index is 10.7. The second kappa shape index (κ2) is 5.09. The van der Waals surface area contributed by atoms with E-state index in [1.807, 2.05) is 24.3 Å². The summed E-state index contributed by atoms with van der Waals surface area (Å²) in [6.45, 7) is 1.80. The molecule has 0 saturated carbocycles. The molecule has 0 heterocycles. The van der Waals surface area contributed by atoms with Gasteiger partial charge >= 0.3 is 0 Å². The van der Waals surface area contributed by atoms with Crippen LogP contribution in [0, 0.1) is 5.92 Å². The predicted molar refractivity (Wildman–Crippen MR) is 63.4 cm³/mol. The molecule has 0 aliphatic heterocycles. The van der Waals surface area contributed by atoms with Crippen molar-refractivity contribution < 1.29 is 13.0 Å². The fourth-order valence-corrected chi connectivity index (χ4v) is 2.74. The van der Waals surface area contributed by atoms with Crippen LogP contribution in [0.25, 0.3) is 0 Å². The Kier molecular flexibility index (Phi) is 4.31. The van der Waals surface area contributed by atoms with Gasteiger partial charge in [0.15, 0.2) is 0 Å². The fourth-order valence-electron chi connectivity index (χ4n) is 1.46. The van der Waals surface area contributed by atoms with Crippen molar-refractivity contribution >= 4 is 26.0 Å². The van der Waals surface area contributed by atoms with Gasteiger partial charge in [-0.15, -0.1) is 0 Å². The Balaban J connectivity index is 2.67. The molecule has 1 rings (SSSR count). The molecular weight excluding hydrogens is 280 g/mol. The smallest absolute Gasteiger partial charge is 0.265 e. The summed E-state index contributed by atoms with van der Waals surface area (Å²) in [5, 5.41) is 0. The molecule has 0 aromatic heterocycles. The van der Waals surface area contributed by atoms with Crippen LogP contribution < -0.4 is 0 Å². The molecule has 0 aliphatic carbocycles. The maximum Gasteiger partial charge on any atom is 0.265 e. The number of hydrogen-bond donors (Lipinski definition) is 1. The van der Waals surface area contributed by atoms with E-state index in [-0.39, 0.29) is 11.7 Å². The van der Waals surface area contributed by atoms with Crippen LogP contribution in [0.5, 0.6) is 0 Å². The van der Waals surface area contributed by atoms with Crippen molar-refractivity contribution in [1.29, 1.82) is 0 Å². The van der Waals surface area contributed by atoms with Gasteiger partial charge in [-0.2, -0.15) is 8.42 Å². The largest absolute Gasteiger partial charge is 0.286 e. The normalized spacial score (nSPS) is 13.8. The van der Waals surface area contributed by atoms with Crippen LogP contribution in [0.15, 0.2) is 28.7 Å². The molecule has 1 aromatic carbocycles. The van der Waals surface area contributed by atoms with E-state index < -0.39 is 10.1 Å². The van der Waals surface area contributed by atoms with E-state index in [0.29, 0.717) is 6.42 Å². The molecule has 3 nitrogen and oxygen atoms in total. The van der Waals surface area contributed by atoms with Crippen LogP contribution in [0.4, 0.5) is 0 Å². The highest BCUT2D eigenvalue weighted by atomic mass is 79.9. The summed E-state index contributed by atoms with van der Waals surface area (Å²) >= 11 is 3.39. The molecule has 0 fully saturated rings.